The number of terminal acetylenes is 1. The van der Waals surface area contributed by atoms with E-state index in [4.69, 9.17) is 11.2 Å². The fourth-order valence-corrected chi connectivity index (χ4v) is 5.30. The number of alkyl carbamates (subject to hydrolysis) is 1. The highest BCUT2D eigenvalue weighted by atomic mass is 16.6. The van der Waals surface area contributed by atoms with Crippen LogP contribution in [0.15, 0.2) is 54.6 Å². The average Bonchev–Trinajstić information content (AvgIpc) is 2.90. The summed E-state index contributed by atoms with van der Waals surface area (Å²) in [5, 5.41) is 6.03. The van der Waals surface area contributed by atoms with Gasteiger partial charge >= 0.3 is 6.09 Å². The fraction of sp³-hybridized carbons (Fsp3) is 0.500. The molecular weight excluding hydrogens is 514 g/mol. The number of carbonyl (C=O) groups is 3. The molecule has 7 nitrogen and oxygen atoms in total. The Morgan fingerprint density at radius 2 is 1.56 bits per heavy atom. The molecule has 1 fully saturated rings. The molecule has 7 heteroatoms. The zero-order chi connectivity index (χ0) is 30.2. The average molecular weight is 560 g/mol. The van der Waals surface area contributed by atoms with E-state index in [1.807, 2.05) is 63.2 Å². The molecule has 2 aromatic rings. The Balaban J connectivity index is 2.09. The van der Waals surface area contributed by atoms with Crippen LogP contribution in [0.4, 0.5) is 4.79 Å². The first kappa shape index (κ1) is 31.7. The lowest BCUT2D eigenvalue weighted by atomic mass is 9.90. The highest BCUT2D eigenvalue weighted by Crippen LogP contribution is 2.33. The van der Waals surface area contributed by atoms with Crippen LogP contribution in [0.2, 0.25) is 0 Å². The van der Waals surface area contributed by atoms with Crippen molar-refractivity contribution >= 4 is 17.9 Å². The van der Waals surface area contributed by atoms with Gasteiger partial charge in [-0.05, 0) is 71.6 Å². The largest absolute Gasteiger partial charge is 0.444 e. The molecule has 0 spiro atoms. The van der Waals surface area contributed by atoms with Crippen molar-refractivity contribution in [2.24, 2.45) is 0 Å². The maximum absolute atomic E-state index is 14.6. The molecule has 220 valence electrons. The molecule has 2 atom stereocenters. The van der Waals surface area contributed by atoms with Gasteiger partial charge < -0.3 is 20.3 Å². The lowest BCUT2D eigenvalue weighted by molar-refractivity contribution is -0.148. The Morgan fingerprint density at radius 1 is 0.951 bits per heavy atom. The molecule has 0 aliphatic heterocycles. The zero-order valence-corrected chi connectivity index (χ0v) is 25.3. The topological polar surface area (TPSA) is 87.7 Å². The van der Waals surface area contributed by atoms with E-state index in [2.05, 4.69) is 16.6 Å². The summed E-state index contributed by atoms with van der Waals surface area (Å²) >= 11 is 0. The Kier molecular flexibility index (Phi) is 10.6. The predicted molar refractivity (Wildman–Crippen MR) is 162 cm³/mol. The van der Waals surface area contributed by atoms with Crippen LogP contribution in [0.5, 0.6) is 0 Å². The summed E-state index contributed by atoms with van der Waals surface area (Å²) in [6.07, 6.45) is 10.5. The van der Waals surface area contributed by atoms with Crippen LogP contribution in [-0.4, -0.2) is 46.0 Å². The van der Waals surface area contributed by atoms with Crippen LogP contribution in [0.25, 0.3) is 0 Å². The molecule has 0 bridgehead atoms. The van der Waals surface area contributed by atoms with Gasteiger partial charge in [-0.1, -0.05) is 73.7 Å². The number of hydrogen-bond acceptors (Lipinski definition) is 4. The molecule has 1 saturated carbocycles. The number of nitrogens with zero attached hydrogens (tertiary/aromatic N) is 1. The van der Waals surface area contributed by atoms with E-state index in [1.54, 1.807) is 37.8 Å². The molecule has 1 aliphatic rings. The molecule has 1 aliphatic carbocycles. The molecule has 3 rings (SSSR count). The Bertz CT molecular complexity index is 1230. The summed E-state index contributed by atoms with van der Waals surface area (Å²) in [5.41, 5.74) is 0.420. The van der Waals surface area contributed by atoms with Crippen molar-refractivity contribution in [2.45, 2.75) is 109 Å². The Hall–Kier alpha value is -3.79. The van der Waals surface area contributed by atoms with Gasteiger partial charge in [-0.2, -0.15) is 0 Å². The van der Waals surface area contributed by atoms with Gasteiger partial charge in [0.25, 0.3) is 0 Å². The van der Waals surface area contributed by atoms with Gasteiger partial charge in [-0.25, -0.2) is 4.79 Å². The number of nitrogens with one attached hydrogen (secondary N) is 2. The number of hydrogen-bond donors (Lipinski definition) is 2. The third-order valence-electron chi connectivity index (χ3n) is 7.10. The molecule has 41 heavy (non-hydrogen) atoms. The minimum atomic E-state index is -1.00. The third-order valence-corrected chi connectivity index (χ3v) is 7.10. The standard InChI is InChI=1S/C34H45N3O4/c1-8-25-19-15-16-22-27(25)29(30(38)35-26-20-13-10-14-21-26)37(33(2,3)4)31(39)28(23-24-17-11-9-12-18-24)36-32(40)41-34(5,6)7/h1,9,11-12,15-19,22,26,28-29H,10,13-14,20-21,23H2,2-7H3,(H,35,38)(H,36,40). The fourth-order valence-electron chi connectivity index (χ4n) is 5.30. The van der Waals surface area contributed by atoms with Crippen LogP contribution in [0.1, 0.15) is 96.4 Å². The number of amides is 3. The second kappa shape index (κ2) is 13.7. The molecule has 0 radical (unpaired) electrons. The lowest BCUT2D eigenvalue weighted by Gasteiger charge is -2.43. The summed E-state index contributed by atoms with van der Waals surface area (Å²) < 4.78 is 5.52. The minimum absolute atomic E-state index is 0.0358. The summed E-state index contributed by atoms with van der Waals surface area (Å²) in [7, 11) is 0. The lowest BCUT2D eigenvalue weighted by Crippen LogP contribution is -2.59. The molecular formula is C34H45N3O4. The highest BCUT2D eigenvalue weighted by molar-refractivity contribution is 5.93. The minimum Gasteiger partial charge on any atom is -0.444 e. The zero-order valence-electron chi connectivity index (χ0n) is 25.3. The van der Waals surface area contributed by atoms with Crippen LogP contribution in [0.3, 0.4) is 0 Å². The second-order valence-corrected chi connectivity index (χ2v) is 12.7. The highest BCUT2D eigenvalue weighted by Gasteiger charge is 2.43. The van der Waals surface area contributed by atoms with E-state index < -0.39 is 35.2 Å². The SMILES string of the molecule is C#Cc1ccccc1C(C(=O)NC1CCCCC1)N(C(=O)C(Cc1ccccc1)NC(=O)OC(C)(C)C)C(C)(C)C. The number of rotatable bonds is 8. The smallest absolute Gasteiger partial charge is 0.408 e. The summed E-state index contributed by atoms with van der Waals surface area (Å²) in [5.74, 6) is 2.02. The summed E-state index contributed by atoms with van der Waals surface area (Å²) in [6, 6.07) is 14.7. The van der Waals surface area contributed by atoms with Gasteiger partial charge in [-0.15, -0.1) is 6.42 Å². The molecule has 0 aromatic heterocycles. The van der Waals surface area contributed by atoms with Crippen molar-refractivity contribution < 1.29 is 19.1 Å². The first-order valence-electron chi connectivity index (χ1n) is 14.5. The summed E-state index contributed by atoms with van der Waals surface area (Å²) in [4.78, 5) is 43.3. The van der Waals surface area contributed by atoms with E-state index in [9.17, 15) is 14.4 Å². The van der Waals surface area contributed by atoms with Crippen molar-refractivity contribution in [3.63, 3.8) is 0 Å². The van der Waals surface area contributed by atoms with Gasteiger partial charge in [0.05, 0.1) is 0 Å². The Morgan fingerprint density at radius 3 is 2.15 bits per heavy atom. The number of carbonyl (C=O) groups excluding carboxylic acids is 3. The predicted octanol–water partition coefficient (Wildman–Crippen LogP) is 5.92. The van der Waals surface area contributed by atoms with Crippen LogP contribution in [0, 0.1) is 12.3 Å². The van der Waals surface area contributed by atoms with Crippen LogP contribution >= 0.6 is 0 Å². The van der Waals surface area contributed by atoms with E-state index in [1.165, 1.54) is 0 Å². The van der Waals surface area contributed by atoms with Gasteiger partial charge in [-0.3, -0.25) is 9.59 Å². The second-order valence-electron chi connectivity index (χ2n) is 12.7. The van der Waals surface area contributed by atoms with Crippen molar-refractivity contribution in [3.8, 4) is 12.3 Å². The third kappa shape index (κ3) is 9.11. The normalized spacial score (nSPS) is 15.6. The summed E-state index contributed by atoms with van der Waals surface area (Å²) in [6.45, 7) is 11.0. The monoisotopic (exact) mass is 559 g/mol. The van der Waals surface area contributed by atoms with Crippen molar-refractivity contribution in [1.29, 1.82) is 0 Å². The first-order valence-corrected chi connectivity index (χ1v) is 14.5. The van der Waals surface area contributed by atoms with E-state index in [-0.39, 0.29) is 18.4 Å². The Labute approximate surface area is 245 Å². The van der Waals surface area contributed by atoms with Crippen molar-refractivity contribution in [1.82, 2.24) is 15.5 Å². The number of benzene rings is 2. The molecule has 3 amide bonds. The van der Waals surface area contributed by atoms with Gasteiger partial charge in [0, 0.05) is 23.6 Å². The molecule has 0 heterocycles. The van der Waals surface area contributed by atoms with Crippen molar-refractivity contribution in [2.75, 3.05) is 0 Å². The van der Waals surface area contributed by atoms with Gasteiger partial charge in [0.2, 0.25) is 11.8 Å². The van der Waals surface area contributed by atoms with E-state index >= 15 is 0 Å². The number of ether oxygens (including phenoxy) is 1. The van der Waals surface area contributed by atoms with Crippen LogP contribution in [-0.2, 0) is 20.7 Å². The molecule has 2 N–H and O–H groups in total. The van der Waals surface area contributed by atoms with Crippen LogP contribution < -0.4 is 10.6 Å². The quantitative estimate of drug-likeness (QED) is 0.393. The maximum atomic E-state index is 14.6. The maximum Gasteiger partial charge on any atom is 0.408 e. The van der Waals surface area contributed by atoms with E-state index in [0.29, 0.717) is 11.1 Å². The molecule has 2 unspecified atom stereocenters. The van der Waals surface area contributed by atoms with Gasteiger partial charge in [0.15, 0.2) is 0 Å². The van der Waals surface area contributed by atoms with Gasteiger partial charge in [0.1, 0.15) is 17.7 Å². The first-order chi connectivity index (χ1) is 19.3. The van der Waals surface area contributed by atoms with E-state index in [0.717, 1.165) is 37.7 Å². The molecule has 2 aromatic carbocycles. The molecule has 0 saturated heterocycles. The van der Waals surface area contributed by atoms with Crippen molar-refractivity contribution in [3.05, 3.63) is 71.3 Å².